The molecule has 6 nitrogen and oxygen atoms in total. The number of benzene rings is 2. The van der Waals surface area contributed by atoms with Gasteiger partial charge in [0.25, 0.3) is 5.91 Å². The fourth-order valence-electron chi connectivity index (χ4n) is 3.55. The fraction of sp³-hybridized carbons (Fsp3) is 0.261. The van der Waals surface area contributed by atoms with E-state index < -0.39 is 0 Å². The number of nitrogens with zero attached hydrogens (tertiary/aromatic N) is 2. The summed E-state index contributed by atoms with van der Waals surface area (Å²) in [6.45, 7) is 6.49. The van der Waals surface area contributed by atoms with Crippen LogP contribution < -0.4 is 15.4 Å². The minimum atomic E-state index is -0.116. The van der Waals surface area contributed by atoms with Gasteiger partial charge in [-0.25, -0.2) is 9.97 Å². The number of anilines is 2. The number of aryl methyl sites for hydroxylation is 3. The van der Waals surface area contributed by atoms with E-state index in [1.54, 1.807) is 6.07 Å². The number of amides is 1. The van der Waals surface area contributed by atoms with Crippen molar-refractivity contribution in [3.63, 3.8) is 0 Å². The van der Waals surface area contributed by atoms with E-state index in [0.717, 1.165) is 40.4 Å². The summed E-state index contributed by atoms with van der Waals surface area (Å²) in [6.07, 6.45) is 0.747. The molecule has 0 spiro atoms. The number of aromatic nitrogens is 2. The molecule has 2 heterocycles. The molecule has 1 aliphatic rings. The van der Waals surface area contributed by atoms with Crippen LogP contribution in [0.1, 0.15) is 45.3 Å². The predicted octanol–water partition coefficient (Wildman–Crippen LogP) is 4.40. The van der Waals surface area contributed by atoms with Crippen molar-refractivity contribution in [1.82, 2.24) is 15.3 Å². The molecule has 0 fully saturated rings. The molecular formula is C23H24N4O2. The van der Waals surface area contributed by atoms with Crippen molar-refractivity contribution in [2.75, 3.05) is 11.9 Å². The molecule has 1 aliphatic heterocycles. The van der Waals surface area contributed by atoms with Gasteiger partial charge in [-0.1, -0.05) is 23.8 Å². The average molecular weight is 388 g/mol. The van der Waals surface area contributed by atoms with Crippen LogP contribution in [0.4, 0.5) is 11.6 Å². The van der Waals surface area contributed by atoms with E-state index in [-0.39, 0.29) is 11.9 Å². The topological polar surface area (TPSA) is 76.1 Å². The lowest BCUT2D eigenvalue weighted by atomic mass is 9.98. The van der Waals surface area contributed by atoms with Crippen LogP contribution in [0.25, 0.3) is 0 Å². The first-order valence-electron chi connectivity index (χ1n) is 9.71. The van der Waals surface area contributed by atoms with Crippen molar-refractivity contribution in [2.24, 2.45) is 0 Å². The lowest BCUT2D eigenvalue weighted by Crippen LogP contribution is -2.32. The maximum atomic E-state index is 12.9. The second-order valence-electron chi connectivity index (χ2n) is 7.38. The van der Waals surface area contributed by atoms with E-state index in [2.05, 4.69) is 26.7 Å². The average Bonchev–Trinajstić information content (AvgIpc) is 2.68. The third-order valence-corrected chi connectivity index (χ3v) is 4.87. The number of rotatable bonds is 4. The Balaban J connectivity index is 1.52. The first-order chi connectivity index (χ1) is 14.0. The minimum absolute atomic E-state index is 0.0643. The molecule has 0 radical (unpaired) electrons. The van der Waals surface area contributed by atoms with Crippen molar-refractivity contribution in [1.29, 1.82) is 0 Å². The second kappa shape index (κ2) is 7.91. The highest BCUT2D eigenvalue weighted by molar-refractivity contribution is 5.95. The van der Waals surface area contributed by atoms with Crippen molar-refractivity contribution >= 4 is 17.5 Å². The molecule has 0 bridgehead atoms. The molecule has 2 N–H and O–H groups in total. The summed E-state index contributed by atoms with van der Waals surface area (Å²) in [7, 11) is 0. The molecule has 0 aliphatic carbocycles. The molecule has 0 saturated heterocycles. The maximum absolute atomic E-state index is 12.9. The third kappa shape index (κ3) is 4.37. The van der Waals surface area contributed by atoms with Crippen LogP contribution in [0.15, 0.2) is 48.5 Å². The summed E-state index contributed by atoms with van der Waals surface area (Å²) >= 11 is 0. The third-order valence-electron chi connectivity index (χ3n) is 4.87. The van der Waals surface area contributed by atoms with Crippen LogP contribution in [0.5, 0.6) is 5.75 Å². The van der Waals surface area contributed by atoms with Crippen molar-refractivity contribution in [3.8, 4) is 5.75 Å². The van der Waals surface area contributed by atoms with Gasteiger partial charge in [-0.15, -0.1) is 0 Å². The lowest BCUT2D eigenvalue weighted by Gasteiger charge is -2.27. The Hall–Kier alpha value is -3.41. The van der Waals surface area contributed by atoms with E-state index in [1.807, 2.05) is 57.2 Å². The highest BCUT2D eigenvalue weighted by Gasteiger charge is 2.23. The summed E-state index contributed by atoms with van der Waals surface area (Å²) in [5.41, 5.74) is 5.31. The van der Waals surface area contributed by atoms with Crippen LogP contribution in [-0.4, -0.2) is 22.5 Å². The molecule has 29 heavy (non-hydrogen) atoms. The first kappa shape index (κ1) is 18.9. The Labute approximate surface area is 170 Å². The number of hydrogen-bond donors (Lipinski definition) is 2. The highest BCUT2D eigenvalue weighted by atomic mass is 16.5. The Bertz CT molecular complexity index is 1040. The lowest BCUT2D eigenvalue weighted by molar-refractivity contribution is 0.0925. The molecule has 1 unspecified atom stereocenters. The van der Waals surface area contributed by atoms with Gasteiger partial charge in [-0.2, -0.15) is 0 Å². The van der Waals surface area contributed by atoms with Gasteiger partial charge in [0, 0.05) is 34.6 Å². The summed E-state index contributed by atoms with van der Waals surface area (Å²) in [5, 5.41) is 6.34. The predicted molar refractivity (Wildman–Crippen MR) is 113 cm³/mol. The van der Waals surface area contributed by atoms with Crippen LogP contribution in [0.2, 0.25) is 0 Å². The Morgan fingerprint density at radius 3 is 2.62 bits per heavy atom. The van der Waals surface area contributed by atoms with Crippen LogP contribution >= 0.6 is 0 Å². The molecular weight excluding hydrogens is 364 g/mol. The van der Waals surface area contributed by atoms with Gasteiger partial charge in [0.1, 0.15) is 5.75 Å². The van der Waals surface area contributed by atoms with Gasteiger partial charge >= 0.3 is 0 Å². The maximum Gasteiger partial charge on any atom is 0.251 e. The van der Waals surface area contributed by atoms with Crippen molar-refractivity contribution in [3.05, 3.63) is 76.6 Å². The number of carbonyl (C=O) groups excluding carboxylic acids is 1. The van der Waals surface area contributed by atoms with Gasteiger partial charge in [-0.3, -0.25) is 4.79 Å². The quantitative estimate of drug-likeness (QED) is 0.693. The van der Waals surface area contributed by atoms with Crippen molar-refractivity contribution < 1.29 is 9.53 Å². The van der Waals surface area contributed by atoms with Gasteiger partial charge in [0.15, 0.2) is 0 Å². The van der Waals surface area contributed by atoms with Gasteiger partial charge in [0.05, 0.1) is 12.6 Å². The van der Waals surface area contributed by atoms with Gasteiger partial charge in [-0.05, 0) is 51.1 Å². The molecule has 3 aromatic rings. The summed E-state index contributed by atoms with van der Waals surface area (Å²) in [5.74, 6) is 1.25. The standard InChI is InChI=1S/C23H24N4O2/c1-14-7-8-21-19(11-14)20(9-10-29-21)27-22(28)17-5-4-6-18(13-17)26-23-24-15(2)12-16(3)25-23/h4-8,11-13,20H,9-10H2,1-3H3,(H,27,28)(H,24,25,26). The van der Waals surface area contributed by atoms with Crippen molar-refractivity contribution in [2.45, 2.75) is 33.2 Å². The number of hydrogen-bond acceptors (Lipinski definition) is 5. The monoisotopic (exact) mass is 388 g/mol. The zero-order chi connectivity index (χ0) is 20.4. The Morgan fingerprint density at radius 1 is 1.03 bits per heavy atom. The Morgan fingerprint density at radius 2 is 1.83 bits per heavy atom. The normalized spacial score (nSPS) is 15.2. The molecule has 1 aromatic heterocycles. The number of fused-ring (bicyclic) bond motifs is 1. The molecule has 6 heteroatoms. The Kier molecular flexibility index (Phi) is 5.16. The van der Waals surface area contributed by atoms with Crippen LogP contribution in [0, 0.1) is 20.8 Å². The van der Waals surface area contributed by atoms with E-state index in [0.29, 0.717) is 18.1 Å². The summed E-state index contributed by atoms with van der Waals surface area (Å²) in [4.78, 5) is 21.7. The SMILES string of the molecule is Cc1ccc2c(c1)C(NC(=O)c1cccc(Nc3nc(C)cc(C)n3)c1)CCO2. The fourth-order valence-corrected chi connectivity index (χ4v) is 3.55. The zero-order valence-electron chi connectivity index (χ0n) is 16.8. The molecule has 4 rings (SSSR count). The second-order valence-corrected chi connectivity index (χ2v) is 7.38. The molecule has 1 amide bonds. The smallest absolute Gasteiger partial charge is 0.251 e. The number of carbonyl (C=O) groups is 1. The first-order valence-corrected chi connectivity index (χ1v) is 9.71. The summed E-state index contributed by atoms with van der Waals surface area (Å²) < 4.78 is 5.73. The van der Waals surface area contributed by atoms with Crippen LogP contribution in [-0.2, 0) is 0 Å². The van der Waals surface area contributed by atoms with E-state index in [9.17, 15) is 4.79 Å². The molecule has 148 valence electrons. The summed E-state index contributed by atoms with van der Waals surface area (Å²) in [6, 6.07) is 15.3. The van der Waals surface area contributed by atoms with Gasteiger partial charge < -0.3 is 15.4 Å². The highest BCUT2D eigenvalue weighted by Crippen LogP contribution is 2.33. The molecule has 0 saturated carbocycles. The minimum Gasteiger partial charge on any atom is -0.493 e. The largest absolute Gasteiger partial charge is 0.493 e. The molecule has 1 atom stereocenters. The van der Waals surface area contributed by atoms with E-state index in [1.165, 1.54) is 0 Å². The van der Waals surface area contributed by atoms with E-state index in [4.69, 9.17) is 4.74 Å². The van der Waals surface area contributed by atoms with Crippen LogP contribution in [0.3, 0.4) is 0 Å². The van der Waals surface area contributed by atoms with E-state index >= 15 is 0 Å². The number of ether oxygens (including phenoxy) is 1. The molecule has 2 aromatic carbocycles. The zero-order valence-corrected chi connectivity index (χ0v) is 16.8. The number of nitrogens with one attached hydrogen (secondary N) is 2. The van der Waals surface area contributed by atoms with Gasteiger partial charge in [0.2, 0.25) is 5.95 Å².